The average Bonchev–Trinajstić information content (AvgIpc) is 2.69. The summed E-state index contributed by atoms with van der Waals surface area (Å²) in [6.45, 7) is 5.33. The number of aliphatic imine (C=N–C) groups is 1. The Morgan fingerprint density at radius 3 is 2.39 bits per heavy atom. The van der Waals surface area contributed by atoms with Crippen LogP contribution >= 0.6 is 24.0 Å². The fourth-order valence-corrected chi connectivity index (χ4v) is 2.68. The normalized spacial score (nSPS) is 10.7. The second-order valence-corrected chi connectivity index (χ2v) is 5.98. The molecule has 0 aromatic heterocycles. The molecule has 0 atom stereocenters. The summed E-state index contributed by atoms with van der Waals surface area (Å²) in [6.07, 6.45) is 0.865. The number of guanidine groups is 1. The van der Waals surface area contributed by atoms with Crippen molar-refractivity contribution in [2.24, 2.45) is 4.99 Å². The number of rotatable bonds is 8. The van der Waals surface area contributed by atoms with Gasteiger partial charge < -0.3 is 24.8 Å². The monoisotopic (exact) mass is 499 g/mol. The molecule has 0 unspecified atom stereocenters. The van der Waals surface area contributed by atoms with Gasteiger partial charge in [-0.05, 0) is 49.6 Å². The van der Waals surface area contributed by atoms with Crippen LogP contribution in [0.15, 0.2) is 41.4 Å². The lowest BCUT2D eigenvalue weighted by molar-refractivity contribution is 0.311. The minimum Gasteiger partial charge on any atom is -0.496 e. The summed E-state index contributed by atoms with van der Waals surface area (Å²) in [5, 5.41) is 6.59. The van der Waals surface area contributed by atoms with E-state index in [9.17, 15) is 0 Å². The summed E-state index contributed by atoms with van der Waals surface area (Å²) in [4.78, 5) is 4.27. The van der Waals surface area contributed by atoms with E-state index in [2.05, 4.69) is 33.8 Å². The lowest BCUT2D eigenvalue weighted by Crippen LogP contribution is -2.32. The van der Waals surface area contributed by atoms with Gasteiger partial charge in [0.15, 0.2) is 17.5 Å². The first-order valence-electron chi connectivity index (χ1n) is 9.03. The number of methoxy groups -OCH3 is 2. The first-order valence-corrected chi connectivity index (χ1v) is 9.03. The van der Waals surface area contributed by atoms with E-state index in [1.165, 1.54) is 5.56 Å². The molecule has 0 saturated carbocycles. The Kier molecular flexibility index (Phi) is 10.5. The number of nitrogens with one attached hydrogen (secondary N) is 2. The summed E-state index contributed by atoms with van der Waals surface area (Å²) in [6, 6.07) is 12.0. The van der Waals surface area contributed by atoms with Gasteiger partial charge in [-0.15, -0.1) is 24.0 Å². The molecule has 28 heavy (non-hydrogen) atoms. The molecule has 7 heteroatoms. The van der Waals surface area contributed by atoms with Crippen LogP contribution in [0.25, 0.3) is 0 Å². The van der Waals surface area contributed by atoms with E-state index in [1.807, 2.05) is 32.0 Å². The molecular weight excluding hydrogens is 469 g/mol. The van der Waals surface area contributed by atoms with E-state index in [1.54, 1.807) is 21.3 Å². The maximum Gasteiger partial charge on any atom is 0.195 e. The van der Waals surface area contributed by atoms with E-state index in [-0.39, 0.29) is 24.0 Å². The SMILES string of the molecule is CCOc1ccc(NC(=NC)NCCc2ccc(C)c(OC)c2)cc1OC.I. The molecule has 0 spiro atoms. The molecule has 0 fully saturated rings. The van der Waals surface area contributed by atoms with Gasteiger partial charge >= 0.3 is 0 Å². The highest BCUT2D eigenvalue weighted by molar-refractivity contribution is 14.0. The number of hydrogen-bond donors (Lipinski definition) is 2. The number of hydrogen-bond acceptors (Lipinski definition) is 4. The molecule has 0 aliphatic rings. The first kappa shape index (κ1) is 23.9. The van der Waals surface area contributed by atoms with Crippen molar-refractivity contribution in [2.45, 2.75) is 20.3 Å². The number of benzene rings is 2. The van der Waals surface area contributed by atoms with Crippen LogP contribution in [0, 0.1) is 6.92 Å². The Morgan fingerprint density at radius 1 is 1.00 bits per heavy atom. The van der Waals surface area contributed by atoms with Gasteiger partial charge in [0.25, 0.3) is 0 Å². The van der Waals surface area contributed by atoms with Gasteiger partial charge in [0.2, 0.25) is 0 Å². The van der Waals surface area contributed by atoms with Crippen LogP contribution in [-0.2, 0) is 6.42 Å². The van der Waals surface area contributed by atoms with Crippen LogP contribution < -0.4 is 24.8 Å². The molecule has 0 heterocycles. The molecule has 154 valence electrons. The van der Waals surface area contributed by atoms with Crippen LogP contribution in [0.1, 0.15) is 18.1 Å². The topological polar surface area (TPSA) is 64.1 Å². The standard InChI is InChI=1S/C21H29N3O3.HI/c1-6-27-18-10-9-17(14-20(18)26-5)24-21(22-3)23-12-11-16-8-7-15(2)19(13-16)25-4;/h7-10,13-14H,6,11-12H2,1-5H3,(H2,22,23,24);1H. The van der Waals surface area contributed by atoms with Crippen molar-refractivity contribution in [1.29, 1.82) is 0 Å². The fourth-order valence-electron chi connectivity index (χ4n) is 2.68. The van der Waals surface area contributed by atoms with Crippen molar-refractivity contribution in [3.8, 4) is 17.2 Å². The molecule has 0 amide bonds. The second-order valence-electron chi connectivity index (χ2n) is 5.98. The molecule has 6 nitrogen and oxygen atoms in total. The van der Waals surface area contributed by atoms with Crippen LogP contribution in [0.5, 0.6) is 17.2 Å². The molecule has 0 radical (unpaired) electrons. The number of anilines is 1. The van der Waals surface area contributed by atoms with Crippen LogP contribution in [0.2, 0.25) is 0 Å². The zero-order valence-corrected chi connectivity index (χ0v) is 19.5. The number of ether oxygens (including phenoxy) is 3. The Bertz CT molecular complexity index is 781. The molecule has 0 bridgehead atoms. The summed E-state index contributed by atoms with van der Waals surface area (Å²) in [5.74, 6) is 3.02. The van der Waals surface area contributed by atoms with E-state index in [4.69, 9.17) is 14.2 Å². The summed E-state index contributed by atoms with van der Waals surface area (Å²) in [5.41, 5.74) is 3.22. The van der Waals surface area contributed by atoms with Gasteiger partial charge in [0.05, 0.1) is 20.8 Å². The lowest BCUT2D eigenvalue weighted by atomic mass is 10.1. The number of halogens is 1. The lowest BCUT2D eigenvalue weighted by Gasteiger charge is -2.15. The van der Waals surface area contributed by atoms with Crippen molar-refractivity contribution in [3.63, 3.8) is 0 Å². The van der Waals surface area contributed by atoms with Gasteiger partial charge in [-0.3, -0.25) is 4.99 Å². The zero-order valence-electron chi connectivity index (χ0n) is 17.2. The maximum absolute atomic E-state index is 5.55. The third kappa shape index (κ3) is 6.78. The smallest absolute Gasteiger partial charge is 0.195 e. The fraction of sp³-hybridized carbons (Fsp3) is 0.381. The van der Waals surface area contributed by atoms with Gasteiger partial charge in [0, 0.05) is 25.3 Å². The minimum atomic E-state index is 0. The molecule has 2 aromatic rings. The molecule has 0 aliphatic carbocycles. The van der Waals surface area contributed by atoms with Crippen molar-refractivity contribution in [2.75, 3.05) is 39.7 Å². The largest absolute Gasteiger partial charge is 0.496 e. The van der Waals surface area contributed by atoms with Crippen molar-refractivity contribution < 1.29 is 14.2 Å². The van der Waals surface area contributed by atoms with Gasteiger partial charge in [0.1, 0.15) is 5.75 Å². The molecular formula is C21H30IN3O3. The first-order chi connectivity index (χ1) is 13.1. The average molecular weight is 499 g/mol. The minimum absolute atomic E-state index is 0. The molecule has 0 aliphatic heterocycles. The Balaban J connectivity index is 0.00000392. The van der Waals surface area contributed by atoms with Gasteiger partial charge in [-0.1, -0.05) is 12.1 Å². The highest BCUT2D eigenvalue weighted by Gasteiger charge is 2.07. The van der Waals surface area contributed by atoms with Crippen molar-refractivity contribution in [3.05, 3.63) is 47.5 Å². The molecule has 0 saturated heterocycles. The number of aryl methyl sites for hydroxylation is 1. The van der Waals surface area contributed by atoms with E-state index in [0.29, 0.717) is 18.3 Å². The predicted molar refractivity (Wildman–Crippen MR) is 126 cm³/mol. The summed E-state index contributed by atoms with van der Waals surface area (Å²) >= 11 is 0. The molecule has 2 aromatic carbocycles. The third-order valence-electron chi connectivity index (χ3n) is 4.13. The van der Waals surface area contributed by atoms with E-state index >= 15 is 0 Å². The third-order valence-corrected chi connectivity index (χ3v) is 4.13. The summed E-state index contributed by atoms with van der Waals surface area (Å²) in [7, 11) is 5.07. The summed E-state index contributed by atoms with van der Waals surface area (Å²) < 4.78 is 16.3. The van der Waals surface area contributed by atoms with Crippen molar-refractivity contribution >= 4 is 35.6 Å². The van der Waals surface area contributed by atoms with Gasteiger partial charge in [-0.2, -0.15) is 0 Å². The zero-order chi connectivity index (χ0) is 19.6. The Labute approximate surface area is 184 Å². The highest BCUT2D eigenvalue weighted by Crippen LogP contribution is 2.30. The predicted octanol–water partition coefficient (Wildman–Crippen LogP) is 4.26. The maximum atomic E-state index is 5.55. The van der Waals surface area contributed by atoms with E-state index < -0.39 is 0 Å². The Morgan fingerprint density at radius 2 is 1.75 bits per heavy atom. The van der Waals surface area contributed by atoms with Crippen molar-refractivity contribution in [1.82, 2.24) is 5.32 Å². The van der Waals surface area contributed by atoms with Crippen LogP contribution in [0.4, 0.5) is 5.69 Å². The number of nitrogens with zero attached hydrogens (tertiary/aromatic N) is 1. The Hall–Kier alpha value is -2.16. The van der Waals surface area contributed by atoms with Gasteiger partial charge in [-0.25, -0.2) is 0 Å². The quantitative estimate of drug-likeness (QED) is 0.323. The highest BCUT2D eigenvalue weighted by atomic mass is 127. The molecule has 2 rings (SSSR count). The van der Waals surface area contributed by atoms with Crippen LogP contribution in [0.3, 0.4) is 0 Å². The van der Waals surface area contributed by atoms with E-state index in [0.717, 1.165) is 35.7 Å². The molecule has 2 N–H and O–H groups in total. The van der Waals surface area contributed by atoms with Crippen LogP contribution in [-0.4, -0.2) is 40.4 Å². The second kappa shape index (κ2) is 12.3.